The molecule has 0 radical (unpaired) electrons. The van der Waals surface area contributed by atoms with Gasteiger partial charge in [0.2, 0.25) is 0 Å². The van der Waals surface area contributed by atoms with Gasteiger partial charge in [0.1, 0.15) is 5.52 Å². The highest BCUT2D eigenvalue weighted by atomic mass is 16.2. The molecule has 2 rings (SSSR count). The third-order valence-electron chi connectivity index (χ3n) is 1.69. The van der Waals surface area contributed by atoms with Crippen molar-refractivity contribution in [3.05, 3.63) is 27.2 Å². The lowest BCUT2D eigenvalue weighted by atomic mass is 10.5. The first-order valence-electron chi connectivity index (χ1n) is 3.32. The van der Waals surface area contributed by atoms with E-state index < -0.39 is 5.69 Å². The molecule has 0 amide bonds. The molecule has 6 heteroatoms. The molecule has 2 aromatic rings. The van der Waals surface area contributed by atoms with Crippen molar-refractivity contribution >= 4 is 11.2 Å². The Morgan fingerprint density at radius 2 is 2.25 bits per heavy atom. The molecule has 0 saturated heterocycles. The van der Waals surface area contributed by atoms with Crippen molar-refractivity contribution in [1.29, 1.82) is 0 Å². The summed E-state index contributed by atoms with van der Waals surface area (Å²) in [6.45, 7) is 0. The third kappa shape index (κ3) is 0.714. The molecule has 62 valence electrons. The largest absolute Gasteiger partial charge is 0.339 e. The summed E-state index contributed by atoms with van der Waals surface area (Å²) in [6, 6.07) is 0. The summed E-state index contributed by atoms with van der Waals surface area (Å²) in [6.07, 6.45) is 1.36. The van der Waals surface area contributed by atoms with Crippen molar-refractivity contribution in [1.82, 2.24) is 19.5 Å². The van der Waals surface area contributed by atoms with Crippen LogP contribution >= 0.6 is 0 Å². The highest BCUT2D eigenvalue weighted by molar-refractivity contribution is 5.67. The molecule has 2 aromatic heterocycles. The maximum atomic E-state index is 11.3. The molecule has 2 heterocycles. The summed E-state index contributed by atoms with van der Waals surface area (Å²) >= 11 is 0. The van der Waals surface area contributed by atoms with E-state index in [1.165, 1.54) is 13.4 Å². The molecule has 0 aliphatic heterocycles. The van der Waals surface area contributed by atoms with Crippen LogP contribution in [-0.2, 0) is 7.05 Å². The fourth-order valence-electron chi connectivity index (χ4n) is 0.997. The number of aromatic nitrogens is 4. The number of nitrogens with zero attached hydrogens (tertiary/aromatic N) is 2. The number of fused-ring (bicyclic) bond motifs is 1. The van der Waals surface area contributed by atoms with Gasteiger partial charge in [0.05, 0.1) is 6.33 Å². The van der Waals surface area contributed by atoms with E-state index in [-0.39, 0.29) is 5.56 Å². The van der Waals surface area contributed by atoms with E-state index >= 15 is 0 Å². The lowest BCUT2D eigenvalue weighted by Crippen LogP contribution is -2.32. The second-order valence-electron chi connectivity index (χ2n) is 2.42. The van der Waals surface area contributed by atoms with Gasteiger partial charge in [-0.25, -0.2) is 9.78 Å². The van der Waals surface area contributed by atoms with Crippen LogP contribution in [0, 0.1) is 0 Å². The van der Waals surface area contributed by atoms with Gasteiger partial charge in [-0.2, -0.15) is 0 Å². The molecule has 6 nitrogen and oxygen atoms in total. The van der Waals surface area contributed by atoms with Crippen LogP contribution in [0.4, 0.5) is 0 Å². The average Bonchev–Trinajstić information content (AvgIpc) is 2.48. The summed E-state index contributed by atoms with van der Waals surface area (Å²) in [5, 5.41) is 0. The van der Waals surface area contributed by atoms with Crippen LogP contribution in [0.2, 0.25) is 0 Å². The Labute approximate surface area is 65.9 Å². The fraction of sp³-hybridized carbons (Fsp3) is 0.167. The zero-order chi connectivity index (χ0) is 8.72. The van der Waals surface area contributed by atoms with Gasteiger partial charge in [-0.15, -0.1) is 0 Å². The van der Waals surface area contributed by atoms with Crippen molar-refractivity contribution < 1.29 is 0 Å². The van der Waals surface area contributed by atoms with Crippen molar-refractivity contribution in [2.45, 2.75) is 0 Å². The van der Waals surface area contributed by atoms with Crippen molar-refractivity contribution in [3.8, 4) is 0 Å². The number of aromatic amines is 2. The van der Waals surface area contributed by atoms with E-state index in [0.29, 0.717) is 11.2 Å². The second-order valence-corrected chi connectivity index (χ2v) is 2.42. The van der Waals surface area contributed by atoms with E-state index in [9.17, 15) is 9.59 Å². The SMILES string of the molecule is Cn1c(=O)[nH]c2nc[nH]c2c1=O. The van der Waals surface area contributed by atoms with E-state index in [0.717, 1.165) is 4.57 Å². The zero-order valence-electron chi connectivity index (χ0n) is 6.29. The number of rotatable bonds is 0. The smallest absolute Gasteiger partial charge is 0.329 e. The molecule has 0 aliphatic rings. The van der Waals surface area contributed by atoms with Crippen LogP contribution in [-0.4, -0.2) is 19.5 Å². The minimum absolute atomic E-state index is 0.295. The van der Waals surface area contributed by atoms with E-state index in [2.05, 4.69) is 15.0 Å². The topological polar surface area (TPSA) is 83.5 Å². The van der Waals surface area contributed by atoms with Gasteiger partial charge in [-0.05, 0) is 0 Å². The molecule has 0 aliphatic carbocycles. The first-order valence-corrected chi connectivity index (χ1v) is 3.32. The number of H-pyrrole nitrogens is 2. The third-order valence-corrected chi connectivity index (χ3v) is 1.69. The molecule has 0 spiro atoms. The van der Waals surface area contributed by atoms with Crippen LogP contribution in [0.3, 0.4) is 0 Å². The van der Waals surface area contributed by atoms with Crippen LogP contribution in [0.1, 0.15) is 0 Å². The lowest BCUT2D eigenvalue weighted by molar-refractivity contribution is 0.790. The summed E-state index contributed by atoms with van der Waals surface area (Å²) in [4.78, 5) is 31.1. The minimum atomic E-state index is -0.459. The van der Waals surface area contributed by atoms with Crippen LogP contribution < -0.4 is 11.2 Å². The summed E-state index contributed by atoms with van der Waals surface area (Å²) in [5.41, 5.74) is -0.217. The number of hydrogen-bond donors (Lipinski definition) is 2. The average molecular weight is 166 g/mol. The maximum Gasteiger partial charge on any atom is 0.329 e. The Balaban J connectivity index is 3.16. The van der Waals surface area contributed by atoms with Crippen molar-refractivity contribution in [3.63, 3.8) is 0 Å². The Morgan fingerprint density at radius 1 is 1.50 bits per heavy atom. The van der Waals surface area contributed by atoms with Crippen LogP contribution in [0.5, 0.6) is 0 Å². The lowest BCUT2D eigenvalue weighted by Gasteiger charge is -1.93. The molecular weight excluding hydrogens is 160 g/mol. The zero-order valence-corrected chi connectivity index (χ0v) is 6.29. The van der Waals surface area contributed by atoms with Gasteiger partial charge >= 0.3 is 5.69 Å². The van der Waals surface area contributed by atoms with Crippen molar-refractivity contribution in [2.75, 3.05) is 0 Å². The molecule has 0 fully saturated rings. The van der Waals surface area contributed by atoms with Crippen LogP contribution in [0.25, 0.3) is 11.2 Å². The Bertz CT molecular complexity index is 532. The summed E-state index contributed by atoms with van der Waals surface area (Å²) in [5.74, 6) is 0. The van der Waals surface area contributed by atoms with E-state index in [1.807, 2.05) is 0 Å². The van der Waals surface area contributed by atoms with Gasteiger partial charge in [0.25, 0.3) is 5.56 Å². The molecule has 0 saturated carbocycles. The molecule has 0 atom stereocenters. The van der Waals surface area contributed by atoms with Gasteiger partial charge in [-0.1, -0.05) is 0 Å². The minimum Gasteiger partial charge on any atom is -0.339 e. The predicted molar refractivity (Wildman–Crippen MR) is 42.0 cm³/mol. The molecule has 0 aromatic carbocycles. The number of imidazole rings is 1. The first-order chi connectivity index (χ1) is 5.70. The van der Waals surface area contributed by atoms with Crippen molar-refractivity contribution in [2.24, 2.45) is 7.05 Å². The summed E-state index contributed by atoms with van der Waals surface area (Å²) < 4.78 is 0.987. The molecule has 12 heavy (non-hydrogen) atoms. The van der Waals surface area contributed by atoms with E-state index in [4.69, 9.17) is 0 Å². The van der Waals surface area contributed by atoms with E-state index in [1.54, 1.807) is 0 Å². The standard InChI is InChI=1S/C6H6N4O2/c1-10-5(11)3-4(8-2-7-3)9-6(10)12/h2H,1H3,(H,7,8)(H,9,12). The summed E-state index contributed by atoms with van der Waals surface area (Å²) in [7, 11) is 1.40. The van der Waals surface area contributed by atoms with Gasteiger partial charge in [-0.3, -0.25) is 14.3 Å². The fourth-order valence-corrected chi connectivity index (χ4v) is 0.997. The molecule has 2 N–H and O–H groups in total. The second kappa shape index (κ2) is 2.07. The van der Waals surface area contributed by atoms with Gasteiger partial charge in [0.15, 0.2) is 5.65 Å². The Hall–Kier alpha value is -1.85. The maximum absolute atomic E-state index is 11.3. The number of nitrogens with one attached hydrogen (secondary N) is 2. The Kier molecular flexibility index (Phi) is 1.18. The molecular formula is C6H6N4O2. The van der Waals surface area contributed by atoms with Gasteiger partial charge < -0.3 is 4.98 Å². The normalized spacial score (nSPS) is 10.8. The van der Waals surface area contributed by atoms with Gasteiger partial charge in [0, 0.05) is 7.05 Å². The highest BCUT2D eigenvalue weighted by Crippen LogP contribution is 1.93. The number of hydrogen-bond acceptors (Lipinski definition) is 3. The highest BCUT2D eigenvalue weighted by Gasteiger charge is 2.04. The molecule has 0 bridgehead atoms. The predicted octanol–water partition coefficient (Wildman–Crippen LogP) is -1.05. The van der Waals surface area contributed by atoms with Crippen LogP contribution in [0.15, 0.2) is 15.9 Å². The quantitative estimate of drug-likeness (QED) is 0.523. The first kappa shape index (κ1) is 6.84. The molecule has 0 unspecified atom stereocenters. The Morgan fingerprint density at radius 3 is 3.00 bits per heavy atom. The monoisotopic (exact) mass is 166 g/mol.